The van der Waals surface area contributed by atoms with E-state index in [2.05, 4.69) is 10.2 Å². The van der Waals surface area contributed by atoms with Crippen molar-refractivity contribution in [3.8, 4) is 5.69 Å². The lowest BCUT2D eigenvalue weighted by atomic mass is 9.94. The minimum atomic E-state index is -0.325. The first-order chi connectivity index (χ1) is 16.9. The molecule has 1 unspecified atom stereocenters. The van der Waals surface area contributed by atoms with Crippen LogP contribution in [0.4, 0.5) is 0 Å². The van der Waals surface area contributed by atoms with Crippen LogP contribution in [0.25, 0.3) is 22.4 Å². The molecule has 0 radical (unpaired) electrons. The molecule has 1 aliphatic carbocycles. The number of aromatic nitrogens is 4. The molecule has 1 fully saturated rings. The van der Waals surface area contributed by atoms with Crippen LogP contribution in [0.15, 0.2) is 52.4 Å². The molecule has 1 aliphatic rings. The van der Waals surface area contributed by atoms with Gasteiger partial charge >= 0.3 is 0 Å². The number of amides is 1. The van der Waals surface area contributed by atoms with Gasteiger partial charge in [-0.3, -0.25) is 14.0 Å². The molecule has 4 aromatic rings. The Balaban J connectivity index is 1.60. The summed E-state index contributed by atoms with van der Waals surface area (Å²) in [7, 11) is 1.92. The number of benzene rings is 2. The third-order valence-electron chi connectivity index (χ3n) is 7.10. The van der Waals surface area contributed by atoms with E-state index in [1.807, 2.05) is 79.6 Å². The third-order valence-corrected chi connectivity index (χ3v) is 8.13. The van der Waals surface area contributed by atoms with E-state index in [4.69, 9.17) is 0 Å². The average molecular weight is 490 g/mol. The van der Waals surface area contributed by atoms with Crippen LogP contribution < -0.4 is 5.56 Å². The van der Waals surface area contributed by atoms with Crippen LogP contribution in [-0.2, 0) is 4.79 Å². The number of carbonyl (C=O) groups is 1. The molecule has 0 N–H and O–H groups in total. The molecule has 0 saturated heterocycles. The molecule has 2 aromatic carbocycles. The van der Waals surface area contributed by atoms with Gasteiger partial charge in [-0.25, -0.2) is 4.57 Å². The molecule has 0 aliphatic heterocycles. The van der Waals surface area contributed by atoms with Crippen LogP contribution in [0.3, 0.4) is 0 Å². The second-order valence-corrected chi connectivity index (χ2v) is 10.9. The quantitative estimate of drug-likeness (QED) is 0.372. The summed E-state index contributed by atoms with van der Waals surface area (Å²) in [5.74, 6) is 0.552. The van der Waals surface area contributed by atoms with E-state index >= 15 is 0 Å². The van der Waals surface area contributed by atoms with E-state index < -0.39 is 0 Å². The van der Waals surface area contributed by atoms with Crippen molar-refractivity contribution in [1.82, 2.24) is 24.1 Å². The van der Waals surface area contributed by atoms with Crippen molar-refractivity contribution in [2.75, 3.05) is 7.05 Å². The van der Waals surface area contributed by atoms with Gasteiger partial charge in [-0.15, -0.1) is 10.2 Å². The lowest BCUT2D eigenvalue weighted by molar-refractivity contribution is -0.131. The highest BCUT2D eigenvalue weighted by atomic mass is 32.2. The van der Waals surface area contributed by atoms with E-state index in [9.17, 15) is 9.59 Å². The summed E-state index contributed by atoms with van der Waals surface area (Å²) in [4.78, 5) is 28.8. The summed E-state index contributed by atoms with van der Waals surface area (Å²) in [6.07, 6.45) is 5.76. The number of hydrogen-bond donors (Lipinski definition) is 0. The number of para-hydroxylation sites is 1. The lowest BCUT2D eigenvalue weighted by Gasteiger charge is -2.32. The normalized spacial score (nSPS) is 15.5. The predicted molar refractivity (Wildman–Crippen MR) is 141 cm³/mol. The molecule has 0 bridgehead atoms. The third kappa shape index (κ3) is 4.24. The van der Waals surface area contributed by atoms with E-state index in [1.165, 1.54) is 31.0 Å². The highest BCUT2D eigenvalue weighted by Crippen LogP contribution is 2.29. The van der Waals surface area contributed by atoms with Crippen molar-refractivity contribution in [3.05, 3.63) is 63.9 Å². The molecule has 1 amide bonds. The zero-order valence-electron chi connectivity index (χ0n) is 20.7. The fraction of sp³-hybridized carbons (Fsp3) is 0.407. The standard InChI is InChI=1S/C27H31N5O2S/c1-17-14-15-18(2)23(16-17)31-25(34)21-12-8-9-13-22(21)32-26(31)28-29-27(32)35-19(3)24(33)30(4)20-10-6-5-7-11-20/h8-9,12-16,19-20H,5-7,10-11H2,1-4H3. The average Bonchev–Trinajstić information content (AvgIpc) is 3.29. The van der Waals surface area contributed by atoms with E-state index in [-0.39, 0.29) is 16.7 Å². The Morgan fingerprint density at radius 2 is 1.83 bits per heavy atom. The summed E-state index contributed by atoms with van der Waals surface area (Å²) in [6, 6.07) is 13.9. The number of fused-ring (bicyclic) bond motifs is 3. The van der Waals surface area contributed by atoms with Crippen molar-refractivity contribution in [2.45, 2.75) is 69.3 Å². The summed E-state index contributed by atoms with van der Waals surface area (Å²) < 4.78 is 3.55. The fourth-order valence-corrected chi connectivity index (χ4v) is 6.03. The van der Waals surface area contributed by atoms with Crippen LogP contribution in [0.2, 0.25) is 0 Å². The van der Waals surface area contributed by atoms with Crippen LogP contribution in [0.5, 0.6) is 0 Å². The molecule has 1 atom stereocenters. The Bertz CT molecular complexity index is 1470. The number of aryl methyl sites for hydroxylation is 2. The molecule has 1 saturated carbocycles. The van der Waals surface area contributed by atoms with E-state index in [0.29, 0.717) is 22.4 Å². The second-order valence-electron chi connectivity index (χ2n) is 9.57. The number of thioether (sulfide) groups is 1. The molecule has 0 spiro atoms. The maximum absolute atomic E-state index is 13.6. The molecular weight excluding hydrogens is 458 g/mol. The van der Waals surface area contributed by atoms with E-state index in [1.54, 1.807) is 4.57 Å². The zero-order chi connectivity index (χ0) is 24.7. The predicted octanol–water partition coefficient (Wildman–Crippen LogP) is 4.92. The highest BCUT2D eigenvalue weighted by molar-refractivity contribution is 8.00. The van der Waals surface area contributed by atoms with Gasteiger partial charge in [0, 0.05) is 13.1 Å². The largest absolute Gasteiger partial charge is 0.342 e. The number of nitrogens with zero attached hydrogens (tertiary/aromatic N) is 5. The summed E-state index contributed by atoms with van der Waals surface area (Å²) >= 11 is 1.39. The Kier molecular flexibility index (Phi) is 6.40. The van der Waals surface area contributed by atoms with Crippen LogP contribution in [-0.4, -0.2) is 48.3 Å². The minimum absolute atomic E-state index is 0.103. The van der Waals surface area contributed by atoms with E-state index in [0.717, 1.165) is 35.2 Å². The maximum Gasteiger partial charge on any atom is 0.267 e. The molecule has 35 heavy (non-hydrogen) atoms. The van der Waals surface area contributed by atoms with Gasteiger partial charge in [-0.2, -0.15) is 0 Å². The number of hydrogen-bond acceptors (Lipinski definition) is 5. The van der Waals surface area contributed by atoms with Crippen molar-refractivity contribution >= 4 is 34.3 Å². The number of rotatable bonds is 5. The minimum Gasteiger partial charge on any atom is -0.342 e. The summed E-state index contributed by atoms with van der Waals surface area (Å²) in [6.45, 7) is 5.92. The van der Waals surface area contributed by atoms with Crippen LogP contribution in [0.1, 0.15) is 50.2 Å². The Hall–Kier alpha value is -3.13. The van der Waals surface area contributed by atoms with Gasteiger partial charge in [0.15, 0.2) is 5.16 Å². The number of carbonyl (C=O) groups excluding carboxylic acids is 1. The molecule has 8 heteroatoms. The monoisotopic (exact) mass is 489 g/mol. The molecule has 2 heterocycles. The summed E-state index contributed by atoms with van der Waals surface area (Å²) in [5.41, 5.74) is 3.43. The van der Waals surface area contributed by atoms with Gasteiger partial charge in [0.1, 0.15) is 0 Å². The second kappa shape index (κ2) is 9.49. The smallest absolute Gasteiger partial charge is 0.267 e. The molecular formula is C27H31N5O2S. The van der Waals surface area contributed by atoms with Crippen molar-refractivity contribution in [1.29, 1.82) is 0 Å². The van der Waals surface area contributed by atoms with Gasteiger partial charge in [0.25, 0.3) is 5.56 Å². The Morgan fingerprint density at radius 3 is 2.60 bits per heavy atom. The fourth-order valence-electron chi connectivity index (χ4n) is 5.08. The first kappa shape index (κ1) is 23.6. The molecule has 5 rings (SSSR count). The van der Waals surface area contributed by atoms with Crippen molar-refractivity contribution < 1.29 is 4.79 Å². The van der Waals surface area contributed by atoms with Crippen LogP contribution in [0, 0.1) is 13.8 Å². The maximum atomic E-state index is 13.6. The molecule has 182 valence electrons. The van der Waals surface area contributed by atoms with Gasteiger partial charge < -0.3 is 4.90 Å². The highest BCUT2D eigenvalue weighted by Gasteiger charge is 2.28. The summed E-state index contributed by atoms with van der Waals surface area (Å²) in [5, 5.41) is 9.78. The van der Waals surface area contributed by atoms with Gasteiger partial charge in [-0.05, 0) is 62.9 Å². The first-order valence-corrected chi connectivity index (χ1v) is 13.1. The molecule has 7 nitrogen and oxygen atoms in total. The van der Waals surface area contributed by atoms with Gasteiger partial charge in [0.05, 0.1) is 21.8 Å². The SMILES string of the molecule is Cc1ccc(C)c(-n2c(=O)c3ccccc3n3c(SC(C)C(=O)N(C)C4CCCCC4)nnc23)c1. The lowest BCUT2D eigenvalue weighted by Crippen LogP contribution is -2.42. The van der Waals surface area contributed by atoms with Crippen LogP contribution >= 0.6 is 11.8 Å². The van der Waals surface area contributed by atoms with Gasteiger partial charge in [-0.1, -0.05) is 55.3 Å². The van der Waals surface area contributed by atoms with Gasteiger partial charge in [0.2, 0.25) is 11.7 Å². The molecule has 2 aromatic heterocycles. The zero-order valence-corrected chi connectivity index (χ0v) is 21.5. The van der Waals surface area contributed by atoms with Crippen molar-refractivity contribution in [3.63, 3.8) is 0 Å². The topological polar surface area (TPSA) is 72.5 Å². The van der Waals surface area contributed by atoms with Crippen molar-refractivity contribution in [2.24, 2.45) is 0 Å². The Morgan fingerprint density at radius 1 is 1.09 bits per heavy atom. The first-order valence-electron chi connectivity index (χ1n) is 12.3. The Labute approximate surface area is 209 Å².